The molecule has 36 heavy (non-hydrogen) atoms. The first-order valence-electron chi connectivity index (χ1n) is 10.6. The number of carbonyl (C=O) groups is 2. The first-order valence-corrected chi connectivity index (χ1v) is 10.6. The van der Waals surface area contributed by atoms with Gasteiger partial charge in [-0.3, -0.25) is 14.6 Å². The van der Waals surface area contributed by atoms with Gasteiger partial charge in [0.25, 0.3) is 11.8 Å². The number of hydrogen-bond acceptors (Lipinski definition) is 7. The largest absolute Gasteiger partial charge is 0.416 e. The molecule has 0 aliphatic carbocycles. The van der Waals surface area contributed by atoms with Crippen molar-refractivity contribution in [3.63, 3.8) is 0 Å². The van der Waals surface area contributed by atoms with E-state index in [-0.39, 0.29) is 28.4 Å². The van der Waals surface area contributed by atoms with Crippen LogP contribution in [0.5, 0.6) is 0 Å². The standard InChI is InChI=1S/C24H19F3N6O3/c1-13-5-6-16(8-17(13)24(25,26)27)32-23(35)21-10-18(33-36-21)14(2)31-22(34)20-9-19(29-12-30-20)15-4-3-7-28-11-15/h3-12,14H,1-2H3,(H,31,34)(H,32,35)/t14-/m0/s1. The van der Waals surface area contributed by atoms with Gasteiger partial charge in [-0.15, -0.1) is 0 Å². The van der Waals surface area contributed by atoms with Crippen LogP contribution >= 0.6 is 0 Å². The molecule has 0 aliphatic heterocycles. The summed E-state index contributed by atoms with van der Waals surface area (Å²) in [7, 11) is 0. The number of carbonyl (C=O) groups excluding carboxylic acids is 2. The smallest absolute Gasteiger partial charge is 0.351 e. The third kappa shape index (κ3) is 5.54. The van der Waals surface area contributed by atoms with Crippen LogP contribution in [0.15, 0.2) is 65.7 Å². The first kappa shape index (κ1) is 24.5. The molecule has 4 rings (SSSR count). The molecule has 0 bridgehead atoms. The third-order valence-corrected chi connectivity index (χ3v) is 5.20. The minimum Gasteiger partial charge on any atom is -0.351 e. The number of rotatable bonds is 6. The Morgan fingerprint density at radius 1 is 1.06 bits per heavy atom. The predicted octanol–water partition coefficient (Wildman–Crippen LogP) is 4.60. The molecular weight excluding hydrogens is 477 g/mol. The molecule has 2 amide bonds. The van der Waals surface area contributed by atoms with Gasteiger partial charge in [-0.1, -0.05) is 11.2 Å². The number of aromatic nitrogens is 4. The Kier molecular flexibility index (Phi) is 6.77. The normalized spacial score (nSPS) is 12.1. The Morgan fingerprint density at radius 3 is 2.58 bits per heavy atom. The van der Waals surface area contributed by atoms with E-state index in [9.17, 15) is 22.8 Å². The van der Waals surface area contributed by atoms with Crippen LogP contribution in [0.3, 0.4) is 0 Å². The van der Waals surface area contributed by atoms with Crippen LogP contribution in [0.4, 0.5) is 18.9 Å². The number of pyridine rings is 1. The van der Waals surface area contributed by atoms with Gasteiger partial charge >= 0.3 is 6.18 Å². The average molecular weight is 496 g/mol. The molecule has 0 saturated carbocycles. The lowest BCUT2D eigenvalue weighted by molar-refractivity contribution is -0.138. The van der Waals surface area contributed by atoms with E-state index >= 15 is 0 Å². The van der Waals surface area contributed by atoms with Gasteiger partial charge in [-0.2, -0.15) is 13.2 Å². The number of nitrogens with one attached hydrogen (secondary N) is 2. The van der Waals surface area contributed by atoms with Gasteiger partial charge in [0.2, 0.25) is 5.76 Å². The van der Waals surface area contributed by atoms with Crippen molar-refractivity contribution in [1.29, 1.82) is 0 Å². The quantitative estimate of drug-likeness (QED) is 0.400. The zero-order valence-corrected chi connectivity index (χ0v) is 19.0. The molecule has 0 aliphatic rings. The third-order valence-electron chi connectivity index (χ3n) is 5.20. The van der Waals surface area contributed by atoms with Crippen LogP contribution in [-0.4, -0.2) is 31.9 Å². The fourth-order valence-electron chi connectivity index (χ4n) is 3.30. The number of nitrogens with zero attached hydrogens (tertiary/aromatic N) is 4. The molecule has 0 spiro atoms. The zero-order valence-electron chi connectivity index (χ0n) is 19.0. The SMILES string of the molecule is Cc1ccc(NC(=O)c2cc([C@H](C)NC(=O)c3cc(-c4cccnc4)ncn3)no2)cc1C(F)(F)F. The van der Waals surface area contributed by atoms with Gasteiger partial charge < -0.3 is 15.2 Å². The van der Waals surface area contributed by atoms with Crippen molar-refractivity contribution in [2.24, 2.45) is 0 Å². The fraction of sp³-hybridized carbons (Fsp3) is 0.167. The van der Waals surface area contributed by atoms with Crippen molar-refractivity contribution in [2.45, 2.75) is 26.1 Å². The molecule has 12 heteroatoms. The van der Waals surface area contributed by atoms with Crippen molar-refractivity contribution in [1.82, 2.24) is 25.4 Å². The average Bonchev–Trinajstić information content (AvgIpc) is 3.36. The van der Waals surface area contributed by atoms with Gasteiger partial charge in [-0.05, 0) is 49.7 Å². The fourth-order valence-corrected chi connectivity index (χ4v) is 3.30. The van der Waals surface area contributed by atoms with Gasteiger partial charge in [0.1, 0.15) is 17.7 Å². The van der Waals surface area contributed by atoms with Crippen molar-refractivity contribution >= 4 is 17.5 Å². The van der Waals surface area contributed by atoms with E-state index in [0.717, 1.165) is 6.07 Å². The van der Waals surface area contributed by atoms with E-state index < -0.39 is 29.6 Å². The minimum absolute atomic E-state index is 0.0308. The molecule has 3 aromatic heterocycles. The second-order valence-electron chi connectivity index (χ2n) is 7.82. The second kappa shape index (κ2) is 9.94. The molecular formula is C24H19F3N6O3. The van der Waals surface area contributed by atoms with Gasteiger partial charge in [0, 0.05) is 29.7 Å². The summed E-state index contributed by atoms with van der Waals surface area (Å²) in [6.07, 6.45) is -0.0713. The van der Waals surface area contributed by atoms with Crippen LogP contribution < -0.4 is 10.6 Å². The van der Waals surface area contributed by atoms with Crippen LogP contribution in [-0.2, 0) is 6.18 Å². The monoisotopic (exact) mass is 496 g/mol. The Bertz CT molecular complexity index is 1410. The van der Waals surface area contributed by atoms with Gasteiger partial charge in [0.15, 0.2) is 0 Å². The Labute approximate surface area is 202 Å². The molecule has 1 aromatic carbocycles. The molecule has 9 nitrogen and oxygen atoms in total. The van der Waals surface area contributed by atoms with E-state index in [1.807, 2.05) is 0 Å². The Hall–Kier alpha value is -4.61. The number of benzene rings is 1. The summed E-state index contributed by atoms with van der Waals surface area (Å²) in [6.45, 7) is 2.95. The lowest BCUT2D eigenvalue weighted by Gasteiger charge is -2.12. The number of hydrogen-bond donors (Lipinski definition) is 2. The van der Waals surface area contributed by atoms with E-state index in [0.29, 0.717) is 11.3 Å². The number of halogens is 3. The van der Waals surface area contributed by atoms with E-state index in [1.165, 1.54) is 37.5 Å². The van der Waals surface area contributed by atoms with Gasteiger partial charge in [-0.25, -0.2) is 9.97 Å². The molecule has 0 fully saturated rings. The number of aryl methyl sites for hydroxylation is 1. The topological polar surface area (TPSA) is 123 Å². The van der Waals surface area contributed by atoms with Crippen LogP contribution in [0.1, 0.15) is 50.8 Å². The molecule has 4 aromatic rings. The van der Waals surface area contributed by atoms with Crippen molar-refractivity contribution in [3.8, 4) is 11.3 Å². The highest BCUT2D eigenvalue weighted by Crippen LogP contribution is 2.33. The molecule has 0 radical (unpaired) electrons. The van der Waals surface area contributed by atoms with Crippen LogP contribution in [0.2, 0.25) is 0 Å². The summed E-state index contributed by atoms with van der Waals surface area (Å²) in [5, 5.41) is 8.85. The zero-order chi connectivity index (χ0) is 25.9. The van der Waals surface area contributed by atoms with E-state index in [4.69, 9.17) is 4.52 Å². The Balaban J connectivity index is 1.43. The highest BCUT2D eigenvalue weighted by atomic mass is 19.4. The van der Waals surface area contributed by atoms with Crippen molar-refractivity contribution in [2.75, 3.05) is 5.32 Å². The molecule has 3 heterocycles. The summed E-state index contributed by atoms with van der Waals surface area (Å²) in [5.74, 6) is -1.54. The minimum atomic E-state index is -4.56. The van der Waals surface area contributed by atoms with Crippen molar-refractivity contribution in [3.05, 3.63) is 89.5 Å². The molecule has 0 saturated heterocycles. The summed E-state index contributed by atoms with van der Waals surface area (Å²) >= 11 is 0. The van der Waals surface area contributed by atoms with Crippen LogP contribution in [0.25, 0.3) is 11.3 Å². The molecule has 1 atom stereocenters. The molecule has 184 valence electrons. The molecule has 0 unspecified atom stereocenters. The number of amides is 2. The van der Waals surface area contributed by atoms with Crippen molar-refractivity contribution < 1.29 is 27.3 Å². The number of anilines is 1. The van der Waals surface area contributed by atoms with Gasteiger partial charge in [0.05, 0.1) is 17.3 Å². The maximum absolute atomic E-state index is 13.1. The summed E-state index contributed by atoms with van der Waals surface area (Å²) in [4.78, 5) is 37.3. The van der Waals surface area contributed by atoms with Crippen LogP contribution in [0, 0.1) is 6.92 Å². The number of alkyl halides is 3. The van der Waals surface area contributed by atoms with E-state index in [1.54, 1.807) is 31.5 Å². The Morgan fingerprint density at radius 2 is 1.86 bits per heavy atom. The maximum atomic E-state index is 13.1. The second-order valence-corrected chi connectivity index (χ2v) is 7.82. The summed E-state index contributed by atoms with van der Waals surface area (Å²) < 4.78 is 44.4. The summed E-state index contributed by atoms with van der Waals surface area (Å²) in [6, 6.07) is 9.12. The highest BCUT2D eigenvalue weighted by Gasteiger charge is 2.32. The predicted molar refractivity (Wildman–Crippen MR) is 122 cm³/mol. The highest BCUT2D eigenvalue weighted by molar-refractivity contribution is 6.02. The summed E-state index contributed by atoms with van der Waals surface area (Å²) in [5.41, 5.74) is 0.693. The lowest BCUT2D eigenvalue weighted by atomic mass is 10.1. The lowest BCUT2D eigenvalue weighted by Crippen LogP contribution is -2.27. The maximum Gasteiger partial charge on any atom is 0.416 e. The molecule has 2 N–H and O–H groups in total. The first-order chi connectivity index (χ1) is 17.1. The van der Waals surface area contributed by atoms with E-state index in [2.05, 4.69) is 30.7 Å².